The molecule has 158 valence electrons. The Balaban J connectivity index is 1.72. The monoisotopic (exact) mass is 419 g/mol. The average Bonchev–Trinajstić information content (AvgIpc) is 3.25. The molecule has 0 amide bonds. The molecule has 3 heteroatoms. The van der Waals surface area contributed by atoms with Gasteiger partial charge in [-0.3, -0.25) is 4.90 Å². The lowest BCUT2D eigenvalue weighted by Gasteiger charge is -2.45. The zero-order chi connectivity index (χ0) is 22.1. The van der Waals surface area contributed by atoms with Crippen molar-refractivity contribution in [3.05, 3.63) is 96.6 Å². The van der Waals surface area contributed by atoms with Gasteiger partial charge in [-0.2, -0.15) is 0 Å². The van der Waals surface area contributed by atoms with Crippen molar-refractivity contribution in [2.75, 3.05) is 11.9 Å². The molecule has 0 saturated carbocycles. The molecule has 2 heterocycles. The first-order chi connectivity index (χ1) is 15.4. The number of fused-ring (bicyclic) bond motifs is 4. The predicted molar refractivity (Wildman–Crippen MR) is 135 cm³/mol. The zero-order valence-corrected chi connectivity index (χ0v) is 19.0. The highest BCUT2D eigenvalue weighted by Gasteiger charge is 2.58. The Kier molecular flexibility index (Phi) is 3.87. The minimum atomic E-state index is -0.289. The van der Waals surface area contributed by atoms with E-state index in [9.17, 15) is 0 Å². The fourth-order valence-electron chi connectivity index (χ4n) is 5.68. The fourth-order valence-corrected chi connectivity index (χ4v) is 5.68. The van der Waals surface area contributed by atoms with Gasteiger partial charge in [-0.15, -0.1) is 0 Å². The Hall–Kier alpha value is -3.56. The average molecular weight is 420 g/mol. The van der Waals surface area contributed by atoms with Crippen molar-refractivity contribution in [1.29, 1.82) is 0 Å². The normalized spacial score (nSPS) is 19.6. The van der Waals surface area contributed by atoms with Crippen LogP contribution in [0.15, 0.2) is 95.4 Å². The second kappa shape index (κ2) is 6.47. The lowest BCUT2D eigenvalue weighted by molar-refractivity contribution is 0.262. The maximum atomic E-state index is 6.56. The molecule has 32 heavy (non-hydrogen) atoms. The molecule has 0 saturated heterocycles. The highest BCUT2D eigenvalue weighted by Crippen LogP contribution is 2.59. The van der Waals surface area contributed by atoms with Crippen LogP contribution >= 0.6 is 0 Å². The molecule has 0 fully saturated rings. The van der Waals surface area contributed by atoms with Gasteiger partial charge in [0.2, 0.25) is 0 Å². The van der Waals surface area contributed by atoms with Gasteiger partial charge in [0, 0.05) is 41.9 Å². The van der Waals surface area contributed by atoms with Crippen molar-refractivity contribution in [1.82, 2.24) is 4.48 Å². The Morgan fingerprint density at radius 3 is 2.25 bits per heavy atom. The van der Waals surface area contributed by atoms with Crippen molar-refractivity contribution < 1.29 is 4.42 Å². The van der Waals surface area contributed by atoms with Gasteiger partial charge in [0.05, 0.1) is 7.05 Å². The summed E-state index contributed by atoms with van der Waals surface area (Å²) in [6.07, 6.45) is 0. The number of nitrogens with zero attached hydrogens (tertiary/aromatic N) is 2. The maximum absolute atomic E-state index is 6.56. The van der Waals surface area contributed by atoms with Crippen LogP contribution in [0.4, 0.5) is 22.7 Å². The number of rotatable bonds is 2. The summed E-state index contributed by atoms with van der Waals surface area (Å²) < 4.78 is 7.18. The molecule has 0 aliphatic carbocycles. The lowest BCUT2D eigenvalue weighted by atomic mass is 10.0. The number of hydrogen-bond acceptors (Lipinski definition) is 2. The van der Waals surface area contributed by atoms with Crippen LogP contribution < -0.4 is 9.38 Å². The Bertz CT molecular complexity index is 1480. The largest absolute Gasteiger partial charge is 0.450 e. The topological polar surface area (TPSA) is 16.4 Å². The SMILES string of the molecule is Cc1ccc2c(oc3ccccc32)c1[N+]1(C)c2ccccc2N(c2ccccc2)C1(C)C. The molecule has 6 rings (SSSR count). The van der Waals surface area contributed by atoms with Gasteiger partial charge in [-0.25, -0.2) is 4.48 Å². The molecule has 0 spiro atoms. The predicted octanol–water partition coefficient (Wildman–Crippen LogP) is 8.05. The molecule has 1 unspecified atom stereocenters. The van der Waals surface area contributed by atoms with Gasteiger partial charge < -0.3 is 4.42 Å². The van der Waals surface area contributed by atoms with Crippen LogP contribution in [-0.4, -0.2) is 12.7 Å². The molecular formula is C29H27N2O+. The van der Waals surface area contributed by atoms with E-state index < -0.39 is 0 Å². The zero-order valence-electron chi connectivity index (χ0n) is 19.0. The van der Waals surface area contributed by atoms with Crippen molar-refractivity contribution in [2.45, 2.75) is 26.4 Å². The molecular weight excluding hydrogens is 392 g/mol. The molecule has 1 atom stereocenters. The minimum Gasteiger partial charge on any atom is -0.450 e. The maximum Gasteiger partial charge on any atom is 0.196 e. The van der Waals surface area contributed by atoms with Crippen molar-refractivity contribution in [2.24, 2.45) is 0 Å². The number of furan rings is 1. The third-order valence-electron chi connectivity index (χ3n) is 7.43. The van der Waals surface area contributed by atoms with Crippen LogP contribution in [0.25, 0.3) is 21.9 Å². The van der Waals surface area contributed by atoms with E-state index in [1.165, 1.54) is 39.1 Å². The summed E-state index contributed by atoms with van der Waals surface area (Å²) in [5, 5.41) is 2.34. The van der Waals surface area contributed by atoms with Crippen LogP contribution in [-0.2, 0) is 0 Å². The molecule has 0 radical (unpaired) electrons. The van der Waals surface area contributed by atoms with Gasteiger partial charge in [-0.05, 0) is 37.3 Å². The first-order valence-electron chi connectivity index (χ1n) is 11.2. The van der Waals surface area contributed by atoms with Crippen molar-refractivity contribution in [3.8, 4) is 0 Å². The van der Waals surface area contributed by atoms with Crippen LogP contribution in [0, 0.1) is 6.92 Å². The molecule has 1 aliphatic rings. The number of para-hydroxylation sites is 4. The van der Waals surface area contributed by atoms with Gasteiger partial charge in [-0.1, -0.05) is 54.6 Å². The van der Waals surface area contributed by atoms with Crippen LogP contribution in [0.1, 0.15) is 19.4 Å². The molecule has 4 aromatic carbocycles. The molecule has 5 aromatic rings. The van der Waals surface area contributed by atoms with E-state index in [4.69, 9.17) is 4.42 Å². The van der Waals surface area contributed by atoms with Gasteiger partial charge in [0.25, 0.3) is 0 Å². The summed E-state index contributed by atoms with van der Waals surface area (Å²) >= 11 is 0. The summed E-state index contributed by atoms with van der Waals surface area (Å²) in [7, 11) is 2.33. The van der Waals surface area contributed by atoms with Crippen molar-refractivity contribution >= 4 is 44.7 Å². The Morgan fingerprint density at radius 2 is 1.44 bits per heavy atom. The summed E-state index contributed by atoms with van der Waals surface area (Å²) in [6.45, 7) is 6.87. The highest BCUT2D eigenvalue weighted by atomic mass is 16.3. The van der Waals surface area contributed by atoms with Gasteiger partial charge in [0.1, 0.15) is 11.3 Å². The van der Waals surface area contributed by atoms with E-state index in [-0.39, 0.29) is 5.66 Å². The first-order valence-corrected chi connectivity index (χ1v) is 11.2. The van der Waals surface area contributed by atoms with Crippen LogP contribution in [0.3, 0.4) is 0 Å². The molecule has 3 nitrogen and oxygen atoms in total. The number of hydrogen-bond donors (Lipinski definition) is 0. The Morgan fingerprint density at radius 1 is 0.750 bits per heavy atom. The van der Waals surface area contributed by atoms with E-state index in [0.29, 0.717) is 4.48 Å². The molecule has 0 N–H and O–H groups in total. The van der Waals surface area contributed by atoms with E-state index in [0.717, 1.165) is 11.2 Å². The van der Waals surface area contributed by atoms with Gasteiger partial charge in [0.15, 0.2) is 22.6 Å². The second-order valence-corrected chi connectivity index (χ2v) is 9.37. The third kappa shape index (κ3) is 2.29. The minimum absolute atomic E-state index is 0.289. The van der Waals surface area contributed by atoms with Gasteiger partial charge >= 0.3 is 0 Å². The summed E-state index contributed by atoms with van der Waals surface area (Å²) in [5.41, 5.74) is 7.78. The van der Waals surface area contributed by atoms with E-state index >= 15 is 0 Å². The third-order valence-corrected chi connectivity index (χ3v) is 7.43. The number of quaternary nitrogens is 1. The molecule has 1 aromatic heterocycles. The van der Waals surface area contributed by atoms with E-state index in [2.05, 4.69) is 118 Å². The summed E-state index contributed by atoms with van der Waals surface area (Å²) in [5.74, 6) is 0. The molecule has 1 aliphatic heterocycles. The smallest absolute Gasteiger partial charge is 0.196 e. The van der Waals surface area contributed by atoms with E-state index in [1.807, 2.05) is 6.07 Å². The quantitative estimate of drug-likeness (QED) is 0.269. The van der Waals surface area contributed by atoms with E-state index in [1.54, 1.807) is 0 Å². The fraction of sp³-hybridized carbons (Fsp3) is 0.172. The molecule has 0 bridgehead atoms. The Labute approximate surface area is 188 Å². The number of benzene rings is 4. The van der Waals surface area contributed by atoms with Crippen molar-refractivity contribution in [3.63, 3.8) is 0 Å². The van der Waals surface area contributed by atoms with Crippen LogP contribution in [0.5, 0.6) is 0 Å². The highest BCUT2D eigenvalue weighted by molar-refractivity contribution is 6.10. The second-order valence-electron chi connectivity index (χ2n) is 9.37. The first kappa shape index (κ1) is 19.1. The standard InChI is InChI=1S/C29H27N2O/c1-20-18-19-23-22-14-8-11-17-26(22)32-28(23)27(20)31(4)25-16-10-9-15-24(25)30(29(31,2)3)21-12-6-5-7-13-21/h5-19H,1-4H3/q+1. The number of anilines is 2. The summed E-state index contributed by atoms with van der Waals surface area (Å²) in [4.78, 5) is 2.48. The number of aryl methyl sites for hydroxylation is 1. The van der Waals surface area contributed by atoms with Crippen LogP contribution in [0.2, 0.25) is 0 Å². The lowest BCUT2D eigenvalue weighted by Crippen LogP contribution is -2.60. The summed E-state index contributed by atoms with van der Waals surface area (Å²) in [6, 6.07) is 32.3.